The van der Waals surface area contributed by atoms with Crippen LogP contribution in [0.5, 0.6) is 0 Å². The molecule has 1 saturated heterocycles. The minimum Gasteiger partial charge on any atom is -0.468 e. The van der Waals surface area contributed by atoms with E-state index in [0.717, 1.165) is 14.2 Å². The highest BCUT2D eigenvalue weighted by atomic mass is 32.2. The third-order valence-corrected chi connectivity index (χ3v) is 3.18. The van der Waals surface area contributed by atoms with Crippen LogP contribution in [0.2, 0.25) is 0 Å². The molecular weight excluding hydrogens is 224 g/mol. The summed E-state index contributed by atoms with van der Waals surface area (Å²) in [5.74, 6) is -3.49. The maximum absolute atomic E-state index is 11.3. The van der Waals surface area contributed by atoms with Gasteiger partial charge in [-0.1, -0.05) is 0 Å². The lowest BCUT2D eigenvalue weighted by molar-refractivity contribution is -0.148. The van der Waals surface area contributed by atoms with Crippen LogP contribution in [-0.2, 0) is 28.7 Å². The number of thioether (sulfide) groups is 1. The second-order valence-corrected chi connectivity index (χ2v) is 3.89. The summed E-state index contributed by atoms with van der Waals surface area (Å²) in [4.78, 5) is 44.6. The van der Waals surface area contributed by atoms with Crippen molar-refractivity contribution in [2.45, 2.75) is 10.5 Å². The van der Waals surface area contributed by atoms with Crippen LogP contribution in [0.1, 0.15) is 0 Å². The molecule has 1 rings (SSSR count). The smallest absolute Gasteiger partial charge is 0.327 e. The molecule has 82 valence electrons. The van der Waals surface area contributed by atoms with Gasteiger partial charge in [0.05, 0.1) is 14.2 Å². The number of methoxy groups -OCH3 is 2. The minimum absolute atomic E-state index is 0.644. The summed E-state index contributed by atoms with van der Waals surface area (Å²) in [5, 5.41) is -2.49. The van der Waals surface area contributed by atoms with E-state index in [1.807, 2.05) is 0 Å². The third kappa shape index (κ3) is 2.01. The quantitative estimate of drug-likeness (QED) is 0.341. The van der Waals surface area contributed by atoms with Crippen LogP contribution < -0.4 is 0 Å². The van der Waals surface area contributed by atoms with Gasteiger partial charge in [-0.05, 0) is 0 Å². The number of carbonyl (C=O) groups excluding carboxylic acids is 4. The summed E-state index contributed by atoms with van der Waals surface area (Å²) >= 11 is 0.644. The number of rotatable bonds is 2. The topological polar surface area (TPSA) is 86.7 Å². The van der Waals surface area contributed by atoms with Gasteiger partial charge in [-0.2, -0.15) is 0 Å². The molecule has 6 nitrogen and oxygen atoms in total. The number of ketones is 2. The molecule has 0 aromatic rings. The summed E-state index contributed by atoms with van der Waals surface area (Å²) in [7, 11) is 2.21. The first-order valence-corrected chi connectivity index (χ1v) is 4.86. The van der Waals surface area contributed by atoms with Crippen LogP contribution in [0, 0.1) is 0 Å². The number of hydrogen-bond acceptors (Lipinski definition) is 7. The Morgan fingerprint density at radius 1 is 1.00 bits per heavy atom. The van der Waals surface area contributed by atoms with Crippen molar-refractivity contribution in [3.63, 3.8) is 0 Å². The number of hydrogen-bond donors (Lipinski definition) is 0. The van der Waals surface area contributed by atoms with Crippen molar-refractivity contribution in [1.29, 1.82) is 0 Å². The van der Waals surface area contributed by atoms with Gasteiger partial charge in [-0.15, -0.1) is 11.8 Å². The van der Waals surface area contributed by atoms with E-state index in [0.29, 0.717) is 11.8 Å². The second-order valence-electron chi connectivity index (χ2n) is 2.67. The van der Waals surface area contributed by atoms with Crippen molar-refractivity contribution in [1.82, 2.24) is 0 Å². The van der Waals surface area contributed by atoms with Gasteiger partial charge < -0.3 is 9.47 Å². The Kier molecular flexibility index (Phi) is 3.46. The molecule has 1 fully saturated rings. The monoisotopic (exact) mass is 232 g/mol. The van der Waals surface area contributed by atoms with Crippen LogP contribution in [0.4, 0.5) is 0 Å². The summed E-state index contributed by atoms with van der Waals surface area (Å²) in [6.45, 7) is 0. The Bertz CT molecular complexity index is 304. The van der Waals surface area contributed by atoms with E-state index in [1.165, 1.54) is 0 Å². The summed E-state index contributed by atoms with van der Waals surface area (Å²) in [5.41, 5.74) is 0. The minimum atomic E-state index is -1.24. The molecule has 0 amide bonds. The molecular formula is C8H8O6S. The zero-order valence-corrected chi connectivity index (χ0v) is 8.83. The molecule has 7 heteroatoms. The lowest BCUT2D eigenvalue weighted by Gasteiger charge is -2.04. The highest BCUT2D eigenvalue weighted by molar-refractivity contribution is 8.04. The first-order chi connectivity index (χ1) is 7.02. The van der Waals surface area contributed by atoms with Gasteiger partial charge in [0.1, 0.15) is 0 Å². The van der Waals surface area contributed by atoms with Gasteiger partial charge in [0.25, 0.3) is 0 Å². The van der Waals surface area contributed by atoms with Crippen molar-refractivity contribution in [3.05, 3.63) is 0 Å². The lowest BCUT2D eigenvalue weighted by Crippen LogP contribution is -2.30. The Balaban J connectivity index is 2.85. The zero-order chi connectivity index (χ0) is 11.6. The average molecular weight is 232 g/mol. The van der Waals surface area contributed by atoms with Crippen LogP contribution in [0.25, 0.3) is 0 Å². The molecule has 1 aliphatic heterocycles. The Hall–Kier alpha value is -1.37. The molecule has 0 unspecified atom stereocenters. The van der Waals surface area contributed by atoms with Crippen LogP contribution in [0.3, 0.4) is 0 Å². The summed E-state index contributed by atoms with van der Waals surface area (Å²) < 4.78 is 8.66. The van der Waals surface area contributed by atoms with Crippen molar-refractivity contribution in [3.8, 4) is 0 Å². The Labute approximate surface area is 89.3 Å². The van der Waals surface area contributed by atoms with Crippen LogP contribution in [-0.4, -0.2) is 48.2 Å². The van der Waals surface area contributed by atoms with Gasteiger partial charge >= 0.3 is 11.9 Å². The largest absolute Gasteiger partial charge is 0.468 e. The van der Waals surface area contributed by atoms with Crippen molar-refractivity contribution >= 4 is 35.3 Å². The molecule has 0 radical (unpaired) electrons. The third-order valence-electron chi connectivity index (χ3n) is 1.82. The second kappa shape index (κ2) is 4.43. The average Bonchev–Trinajstić information content (AvgIpc) is 2.54. The van der Waals surface area contributed by atoms with Crippen molar-refractivity contribution in [2.24, 2.45) is 0 Å². The predicted octanol–water partition coefficient (Wildman–Crippen LogP) is -1.05. The Morgan fingerprint density at radius 3 is 1.60 bits per heavy atom. The zero-order valence-electron chi connectivity index (χ0n) is 8.01. The van der Waals surface area contributed by atoms with Gasteiger partial charge in [0, 0.05) is 0 Å². The summed E-state index contributed by atoms with van der Waals surface area (Å²) in [6.07, 6.45) is 0. The van der Waals surface area contributed by atoms with E-state index < -0.39 is 34.0 Å². The maximum atomic E-state index is 11.3. The molecule has 1 heterocycles. The molecule has 15 heavy (non-hydrogen) atoms. The summed E-state index contributed by atoms with van der Waals surface area (Å²) in [6, 6.07) is 0. The molecule has 0 aromatic carbocycles. The van der Waals surface area contributed by atoms with Crippen LogP contribution in [0.15, 0.2) is 0 Å². The normalized spacial score (nSPS) is 25.2. The fraction of sp³-hybridized carbons (Fsp3) is 0.500. The van der Waals surface area contributed by atoms with Gasteiger partial charge in [0.15, 0.2) is 10.5 Å². The van der Waals surface area contributed by atoms with E-state index >= 15 is 0 Å². The molecule has 0 aromatic heterocycles. The standard InChI is InChI=1S/C8H8O6S/c1-13-7(11)5-3(9)4(10)6(15-5)8(12)14-2/h5-6H,1-2H3/t5-,6-/m1/s1. The van der Waals surface area contributed by atoms with Crippen LogP contribution >= 0.6 is 11.8 Å². The highest BCUT2D eigenvalue weighted by Crippen LogP contribution is 2.30. The number of carbonyl (C=O) groups is 4. The van der Waals surface area contributed by atoms with Gasteiger partial charge in [-0.3, -0.25) is 19.2 Å². The van der Waals surface area contributed by atoms with E-state index in [4.69, 9.17) is 0 Å². The van der Waals surface area contributed by atoms with E-state index in [1.54, 1.807) is 0 Å². The molecule has 2 atom stereocenters. The molecule has 1 aliphatic rings. The highest BCUT2D eigenvalue weighted by Gasteiger charge is 2.50. The predicted molar refractivity (Wildman–Crippen MR) is 49.2 cm³/mol. The fourth-order valence-corrected chi connectivity index (χ4v) is 2.22. The first-order valence-electron chi connectivity index (χ1n) is 3.92. The Morgan fingerprint density at radius 2 is 1.33 bits per heavy atom. The van der Waals surface area contributed by atoms with Gasteiger partial charge in [-0.25, -0.2) is 0 Å². The fourth-order valence-electron chi connectivity index (χ4n) is 1.06. The number of ether oxygens (including phenoxy) is 2. The molecule has 0 aliphatic carbocycles. The van der Waals surface area contributed by atoms with Crippen molar-refractivity contribution in [2.75, 3.05) is 14.2 Å². The van der Waals surface area contributed by atoms with Gasteiger partial charge in [0.2, 0.25) is 11.6 Å². The number of Topliss-reactive ketones (excluding diaryl/α,β-unsaturated/α-hetero) is 2. The molecule has 0 bridgehead atoms. The van der Waals surface area contributed by atoms with E-state index in [-0.39, 0.29) is 0 Å². The molecule has 0 saturated carbocycles. The van der Waals surface area contributed by atoms with E-state index in [9.17, 15) is 19.2 Å². The van der Waals surface area contributed by atoms with Crippen molar-refractivity contribution < 1.29 is 28.7 Å². The van der Waals surface area contributed by atoms with E-state index in [2.05, 4.69) is 9.47 Å². The number of esters is 2. The molecule has 0 N–H and O–H groups in total. The lowest BCUT2D eigenvalue weighted by atomic mass is 10.1. The SMILES string of the molecule is COC(=O)[C@@H]1S[C@@H](C(=O)OC)C(=O)C1=O. The molecule has 0 spiro atoms. The maximum Gasteiger partial charge on any atom is 0.327 e. The first kappa shape index (κ1) is 11.7.